The lowest BCUT2D eigenvalue weighted by molar-refractivity contribution is 0.0292. The highest BCUT2D eigenvalue weighted by Gasteiger charge is 2.29. The van der Waals surface area contributed by atoms with E-state index in [0.29, 0.717) is 5.56 Å². The van der Waals surface area contributed by atoms with E-state index >= 15 is 0 Å². The van der Waals surface area contributed by atoms with Crippen molar-refractivity contribution in [2.75, 3.05) is 0 Å². The molecule has 2 rings (SSSR count). The molecule has 1 aliphatic rings. The lowest BCUT2D eigenvalue weighted by Crippen LogP contribution is -2.62. The van der Waals surface area contributed by atoms with Gasteiger partial charge in [0, 0.05) is 5.56 Å². The van der Waals surface area contributed by atoms with Gasteiger partial charge in [0.1, 0.15) is 5.84 Å². The summed E-state index contributed by atoms with van der Waals surface area (Å²) in [4.78, 5) is 14.9. The summed E-state index contributed by atoms with van der Waals surface area (Å²) in [6, 6.07) is 8.33. The molecule has 0 saturated carbocycles. The molecule has 1 aliphatic heterocycles. The molecular formula is C9H10N4O2. The summed E-state index contributed by atoms with van der Waals surface area (Å²) in [6.45, 7) is 0. The van der Waals surface area contributed by atoms with Crippen LogP contribution in [0.15, 0.2) is 35.3 Å². The largest absolute Gasteiger partial charge is 0.340 e. The summed E-state index contributed by atoms with van der Waals surface area (Å²) in [7, 11) is 0. The standard InChI is InChI=1S/C9H10N4O2/c10-9(15)12-7(11-8(14)13-9)6-4-2-1-3-5-6/h1-5,15H,10H2,(H2,11,12,13,14). The summed E-state index contributed by atoms with van der Waals surface area (Å²) in [6.07, 6.45) is 0. The minimum Gasteiger partial charge on any atom is -0.340 e. The summed E-state index contributed by atoms with van der Waals surface area (Å²) in [5.41, 5.74) is 5.97. The third-order valence-electron chi connectivity index (χ3n) is 1.86. The Morgan fingerprint density at radius 2 is 2.00 bits per heavy atom. The number of hydrogen-bond acceptors (Lipinski definition) is 4. The molecule has 0 radical (unpaired) electrons. The average Bonchev–Trinajstić information content (AvgIpc) is 2.16. The van der Waals surface area contributed by atoms with Crippen molar-refractivity contribution in [3.63, 3.8) is 0 Å². The number of urea groups is 1. The van der Waals surface area contributed by atoms with Crippen LogP contribution in [0.25, 0.3) is 0 Å². The second kappa shape index (κ2) is 3.34. The lowest BCUT2D eigenvalue weighted by atomic mass is 10.2. The molecule has 1 atom stereocenters. The minimum atomic E-state index is -2.05. The van der Waals surface area contributed by atoms with E-state index in [0.717, 1.165) is 0 Å². The van der Waals surface area contributed by atoms with E-state index in [1.807, 2.05) is 6.07 Å². The molecule has 2 amide bonds. The molecule has 0 fully saturated rings. The predicted molar refractivity (Wildman–Crippen MR) is 53.8 cm³/mol. The highest BCUT2D eigenvalue weighted by Crippen LogP contribution is 2.05. The second-order valence-corrected chi connectivity index (χ2v) is 3.13. The number of nitrogens with one attached hydrogen (secondary N) is 2. The smallest absolute Gasteiger partial charge is 0.325 e. The normalized spacial score (nSPS) is 25.2. The molecule has 78 valence electrons. The molecule has 0 aliphatic carbocycles. The first-order valence-electron chi connectivity index (χ1n) is 4.32. The van der Waals surface area contributed by atoms with Crippen molar-refractivity contribution < 1.29 is 9.90 Å². The average molecular weight is 206 g/mol. The Balaban J connectivity index is 2.38. The first-order chi connectivity index (χ1) is 7.07. The van der Waals surface area contributed by atoms with Crippen LogP contribution in [-0.4, -0.2) is 22.9 Å². The topological polar surface area (TPSA) is 99.7 Å². The van der Waals surface area contributed by atoms with Crippen molar-refractivity contribution in [1.82, 2.24) is 10.6 Å². The SMILES string of the molecule is NC1(O)N=C(c2ccccc2)NC(=O)N1. The van der Waals surface area contributed by atoms with Crippen molar-refractivity contribution in [2.24, 2.45) is 10.7 Å². The molecule has 6 nitrogen and oxygen atoms in total. The maximum Gasteiger partial charge on any atom is 0.325 e. The van der Waals surface area contributed by atoms with Crippen LogP contribution in [0.3, 0.4) is 0 Å². The number of nitrogens with zero attached hydrogens (tertiary/aromatic N) is 1. The van der Waals surface area contributed by atoms with Crippen LogP contribution in [0, 0.1) is 0 Å². The number of carbonyl (C=O) groups excluding carboxylic acids is 1. The van der Waals surface area contributed by atoms with Gasteiger partial charge >= 0.3 is 12.0 Å². The van der Waals surface area contributed by atoms with Gasteiger partial charge in [-0.25, -0.2) is 4.79 Å². The van der Waals surface area contributed by atoms with E-state index < -0.39 is 12.0 Å². The molecular weight excluding hydrogens is 196 g/mol. The van der Waals surface area contributed by atoms with Crippen LogP contribution < -0.4 is 16.4 Å². The number of hydrogen-bond donors (Lipinski definition) is 4. The number of nitrogens with two attached hydrogens (primary N) is 1. The molecule has 15 heavy (non-hydrogen) atoms. The van der Waals surface area contributed by atoms with Crippen LogP contribution >= 0.6 is 0 Å². The summed E-state index contributed by atoms with van der Waals surface area (Å²) >= 11 is 0. The lowest BCUT2D eigenvalue weighted by Gasteiger charge is -2.26. The van der Waals surface area contributed by atoms with Crippen LogP contribution in [0.4, 0.5) is 4.79 Å². The number of amidine groups is 1. The Morgan fingerprint density at radius 3 is 2.60 bits per heavy atom. The first kappa shape index (κ1) is 9.63. The quantitative estimate of drug-likeness (QED) is 0.457. The molecule has 0 spiro atoms. The molecule has 6 heteroatoms. The fraction of sp³-hybridized carbons (Fsp3) is 0.111. The molecule has 1 aromatic rings. The Kier molecular flexibility index (Phi) is 2.14. The Bertz CT molecular complexity index is 413. The molecule has 1 heterocycles. The monoisotopic (exact) mass is 206 g/mol. The van der Waals surface area contributed by atoms with E-state index in [4.69, 9.17) is 5.73 Å². The third kappa shape index (κ3) is 2.12. The number of amides is 2. The maximum atomic E-state index is 11.1. The van der Waals surface area contributed by atoms with Gasteiger partial charge in [-0.1, -0.05) is 30.3 Å². The predicted octanol–water partition coefficient (Wildman–Crippen LogP) is -0.692. The van der Waals surface area contributed by atoms with Gasteiger partial charge in [-0.2, -0.15) is 4.99 Å². The molecule has 0 bridgehead atoms. The highest BCUT2D eigenvalue weighted by molar-refractivity contribution is 6.09. The fourth-order valence-corrected chi connectivity index (χ4v) is 1.26. The van der Waals surface area contributed by atoms with Gasteiger partial charge < -0.3 is 5.11 Å². The Morgan fingerprint density at radius 1 is 1.33 bits per heavy atom. The van der Waals surface area contributed by atoms with Crippen molar-refractivity contribution in [1.29, 1.82) is 0 Å². The Labute approximate surface area is 85.8 Å². The third-order valence-corrected chi connectivity index (χ3v) is 1.86. The molecule has 1 aromatic carbocycles. The Hall–Kier alpha value is -1.92. The summed E-state index contributed by atoms with van der Waals surface area (Å²) in [5.74, 6) is -1.81. The number of benzene rings is 1. The van der Waals surface area contributed by atoms with Crippen LogP contribution in [0.2, 0.25) is 0 Å². The van der Waals surface area contributed by atoms with Gasteiger partial charge in [-0.15, -0.1) is 0 Å². The maximum absolute atomic E-state index is 11.1. The second-order valence-electron chi connectivity index (χ2n) is 3.13. The van der Waals surface area contributed by atoms with Gasteiger partial charge in [0.15, 0.2) is 0 Å². The summed E-state index contributed by atoms with van der Waals surface area (Å²) < 4.78 is 0. The van der Waals surface area contributed by atoms with E-state index in [2.05, 4.69) is 15.6 Å². The number of carbonyl (C=O) groups is 1. The van der Waals surface area contributed by atoms with Crippen LogP contribution in [-0.2, 0) is 0 Å². The van der Waals surface area contributed by atoms with Gasteiger partial charge in [0.25, 0.3) is 0 Å². The van der Waals surface area contributed by atoms with E-state index in [1.54, 1.807) is 24.3 Å². The first-order valence-corrected chi connectivity index (χ1v) is 4.32. The van der Waals surface area contributed by atoms with Crippen molar-refractivity contribution >= 4 is 11.9 Å². The number of aliphatic hydroxyl groups is 1. The van der Waals surface area contributed by atoms with Crippen LogP contribution in [0.5, 0.6) is 0 Å². The minimum absolute atomic E-state index is 0.240. The zero-order chi connectivity index (χ0) is 10.9. The van der Waals surface area contributed by atoms with Crippen molar-refractivity contribution in [3.8, 4) is 0 Å². The highest BCUT2D eigenvalue weighted by atomic mass is 16.3. The molecule has 0 aromatic heterocycles. The van der Waals surface area contributed by atoms with Gasteiger partial charge in [-0.3, -0.25) is 16.4 Å². The zero-order valence-electron chi connectivity index (χ0n) is 7.77. The van der Waals surface area contributed by atoms with Gasteiger partial charge in [-0.05, 0) is 0 Å². The molecule has 0 saturated heterocycles. The van der Waals surface area contributed by atoms with Gasteiger partial charge in [0.05, 0.1) is 0 Å². The number of aliphatic imine (C=N–C) groups is 1. The van der Waals surface area contributed by atoms with E-state index in [-0.39, 0.29) is 5.84 Å². The number of rotatable bonds is 1. The molecule has 5 N–H and O–H groups in total. The van der Waals surface area contributed by atoms with Crippen molar-refractivity contribution in [2.45, 2.75) is 5.97 Å². The fourth-order valence-electron chi connectivity index (χ4n) is 1.26. The van der Waals surface area contributed by atoms with Gasteiger partial charge in [0.2, 0.25) is 0 Å². The van der Waals surface area contributed by atoms with Crippen molar-refractivity contribution in [3.05, 3.63) is 35.9 Å². The van der Waals surface area contributed by atoms with E-state index in [1.165, 1.54) is 0 Å². The molecule has 1 unspecified atom stereocenters. The summed E-state index contributed by atoms with van der Waals surface area (Å²) in [5, 5.41) is 13.9. The van der Waals surface area contributed by atoms with E-state index in [9.17, 15) is 9.90 Å². The zero-order valence-corrected chi connectivity index (χ0v) is 7.77. The van der Waals surface area contributed by atoms with Crippen LogP contribution in [0.1, 0.15) is 5.56 Å².